The maximum absolute atomic E-state index is 6.16. The lowest BCUT2D eigenvalue weighted by atomic mass is 10.1. The molecule has 31 heavy (non-hydrogen) atoms. The van der Waals surface area contributed by atoms with Gasteiger partial charge in [-0.25, -0.2) is 0 Å². The number of rotatable bonds is 8. The van der Waals surface area contributed by atoms with Gasteiger partial charge in [0.15, 0.2) is 5.75 Å². The number of hydrogen-bond acceptors (Lipinski definition) is 3. The Morgan fingerprint density at radius 3 is 1.87 bits per heavy atom. The van der Waals surface area contributed by atoms with Gasteiger partial charge in [0.05, 0.1) is 5.69 Å². The second-order valence-electron chi connectivity index (χ2n) is 7.81. The molecular weight excluding hydrogens is 380 g/mol. The van der Waals surface area contributed by atoms with Gasteiger partial charge in [-0.1, -0.05) is 71.8 Å². The van der Waals surface area contributed by atoms with Gasteiger partial charge in [-0.3, -0.25) is 0 Å². The van der Waals surface area contributed by atoms with Crippen LogP contribution in [-0.2, 0) is 13.1 Å². The molecule has 4 aromatic carbocycles. The van der Waals surface area contributed by atoms with E-state index < -0.39 is 0 Å². The smallest absolute Gasteiger partial charge is 0.150 e. The van der Waals surface area contributed by atoms with Gasteiger partial charge in [0.2, 0.25) is 0 Å². The van der Waals surface area contributed by atoms with Crippen LogP contribution in [0.5, 0.6) is 11.5 Å². The highest BCUT2D eigenvalue weighted by molar-refractivity contribution is 5.58. The Hall–Kier alpha value is -3.72. The van der Waals surface area contributed by atoms with Crippen LogP contribution in [0.2, 0.25) is 0 Å². The number of anilines is 2. The fraction of sp³-hybridized carbons (Fsp3) is 0.143. The fourth-order valence-corrected chi connectivity index (χ4v) is 3.52. The van der Waals surface area contributed by atoms with E-state index in [9.17, 15) is 0 Å². The molecule has 0 amide bonds. The molecule has 0 bridgehead atoms. The van der Waals surface area contributed by atoms with Gasteiger partial charge in [-0.15, -0.1) is 0 Å². The van der Waals surface area contributed by atoms with E-state index in [1.165, 1.54) is 22.3 Å². The van der Waals surface area contributed by atoms with Crippen LogP contribution in [0.3, 0.4) is 0 Å². The minimum Gasteiger partial charge on any atom is -0.455 e. The molecule has 0 spiro atoms. The Morgan fingerprint density at radius 1 is 0.613 bits per heavy atom. The lowest BCUT2D eigenvalue weighted by Crippen LogP contribution is -2.01. The van der Waals surface area contributed by atoms with Crippen molar-refractivity contribution in [2.45, 2.75) is 26.9 Å². The minimum atomic E-state index is 0.754. The zero-order valence-corrected chi connectivity index (χ0v) is 18.1. The van der Waals surface area contributed by atoms with Crippen LogP contribution in [0.15, 0.2) is 97.1 Å². The van der Waals surface area contributed by atoms with Crippen molar-refractivity contribution in [1.82, 2.24) is 0 Å². The van der Waals surface area contributed by atoms with E-state index in [0.29, 0.717) is 0 Å². The summed E-state index contributed by atoms with van der Waals surface area (Å²) in [5.74, 6) is 1.63. The van der Waals surface area contributed by atoms with Crippen LogP contribution in [0.4, 0.5) is 11.4 Å². The maximum atomic E-state index is 6.16. The van der Waals surface area contributed by atoms with Crippen molar-refractivity contribution in [1.29, 1.82) is 0 Å². The predicted molar refractivity (Wildman–Crippen MR) is 130 cm³/mol. The average molecular weight is 409 g/mol. The van der Waals surface area contributed by atoms with E-state index >= 15 is 0 Å². The molecule has 0 aromatic heterocycles. The van der Waals surface area contributed by atoms with E-state index in [-0.39, 0.29) is 0 Å². The Bertz CT molecular complexity index is 1140. The summed E-state index contributed by atoms with van der Waals surface area (Å²) in [5, 5.41) is 6.96. The molecular formula is C28H28N2O. The third-order valence-corrected chi connectivity index (χ3v) is 5.11. The third kappa shape index (κ3) is 5.89. The first kappa shape index (κ1) is 20.5. The number of hydrogen-bond donors (Lipinski definition) is 2. The summed E-state index contributed by atoms with van der Waals surface area (Å²) in [5.41, 5.74) is 7.11. The standard InChI is InChI=1S/C28H28N2O/c1-21-7-5-9-23(17-21)19-29-25-13-15-26(16-14-25)31-28-12-4-3-11-27(28)30-20-24-10-6-8-22(2)18-24/h3-18,29-30H,19-20H2,1-2H3. The van der Waals surface area contributed by atoms with Crippen molar-refractivity contribution in [3.63, 3.8) is 0 Å². The Morgan fingerprint density at radius 2 is 1.23 bits per heavy atom. The second-order valence-corrected chi connectivity index (χ2v) is 7.81. The van der Waals surface area contributed by atoms with Gasteiger partial charge in [0, 0.05) is 18.8 Å². The van der Waals surface area contributed by atoms with Gasteiger partial charge < -0.3 is 15.4 Å². The van der Waals surface area contributed by atoms with Crippen molar-refractivity contribution >= 4 is 11.4 Å². The van der Waals surface area contributed by atoms with Gasteiger partial charge in [-0.05, 0) is 61.4 Å². The molecule has 0 heterocycles. The SMILES string of the molecule is Cc1cccc(CNc2ccc(Oc3ccccc3NCc3cccc(C)c3)cc2)c1. The van der Waals surface area contributed by atoms with Crippen LogP contribution in [-0.4, -0.2) is 0 Å². The first-order valence-electron chi connectivity index (χ1n) is 10.6. The molecule has 156 valence electrons. The van der Waals surface area contributed by atoms with Crippen molar-refractivity contribution in [3.05, 3.63) is 119 Å². The highest BCUT2D eigenvalue weighted by Gasteiger charge is 2.05. The van der Waals surface area contributed by atoms with Gasteiger partial charge in [0.25, 0.3) is 0 Å². The Labute approximate surface area is 184 Å². The molecule has 2 N–H and O–H groups in total. The van der Waals surface area contributed by atoms with Crippen LogP contribution >= 0.6 is 0 Å². The van der Waals surface area contributed by atoms with E-state index in [4.69, 9.17) is 4.74 Å². The molecule has 0 atom stereocenters. The zero-order chi connectivity index (χ0) is 21.5. The van der Waals surface area contributed by atoms with Gasteiger partial charge >= 0.3 is 0 Å². The normalized spacial score (nSPS) is 10.5. The summed E-state index contributed by atoms with van der Waals surface area (Å²) >= 11 is 0. The summed E-state index contributed by atoms with van der Waals surface area (Å²) in [7, 11) is 0. The predicted octanol–water partition coefficient (Wildman–Crippen LogP) is 7.32. The highest BCUT2D eigenvalue weighted by atomic mass is 16.5. The average Bonchev–Trinajstić information content (AvgIpc) is 2.78. The molecule has 0 aliphatic carbocycles. The van der Waals surface area contributed by atoms with E-state index in [0.717, 1.165) is 36.0 Å². The highest BCUT2D eigenvalue weighted by Crippen LogP contribution is 2.30. The zero-order valence-electron chi connectivity index (χ0n) is 18.1. The number of nitrogens with one attached hydrogen (secondary N) is 2. The number of benzene rings is 4. The topological polar surface area (TPSA) is 33.3 Å². The minimum absolute atomic E-state index is 0.754. The first-order valence-corrected chi connectivity index (χ1v) is 10.6. The van der Waals surface area contributed by atoms with E-state index in [2.05, 4.69) is 73.0 Å². The monoisotopic (exact) mass is 408 g/mol. The molecule has 4 rings (SSSR count). The summed E-state index contributed by atoms with van der Waals surface area (Å²) < 4.78 is 6.16. The lowest BCUT2D eigenvalue weighted by Gasteiger charge is -2.14. The second kappa shape index (κ2) is 9.86. The number of para-hydroxylation sites is 2. The van der Waals surface area contributed by atoms with Crippen molar-refractivity contribution in [3.8, 4) is 11.5 Å². The van der Waals surface area contributed by atoms with Crippen LogP contribution < -0.4 is 15.4 Å². The van der Waals surface area contributed by atoms with E-state index in [1.807, 2.05) is 48.5 Å². The molecule has 0 radical (unpaired) electrons. The van der Waals surface area contributed by atoms with Gasteiger partial charge in [-0.2, -0.15) is 0 Å². The van der Waals surface area contributed by atoms with Crippen LogP contribution in [0, 0.1) is 13.8 Å². The lowest BCUT2D eigenvalue weighted by molar-refractivity contribution is 0.484. The van der Waals surface area contributed by atoms with Crippen molar-refractivity contribution < 1.29 is 4.74 Å². The molecule has 0 aliphatic rings. The number of aryl methyl sites for hydroxylation is 2. The Kier molecular flexibility index (Phi) is 6.53. The molecule has 0 saturated carbocycles. The summed E-state index contributed by atoms with van der Waals surface area (Å²) in [6.07, 6.45) is 0. The van der Waals surface area contributed by atoms with E-state index in [1.54, 1.807) is 0 Å². The molecule has 3 heteroatoms. The first-order chi connectivity index (χ1) is 15.2. The molecule has 0 aliphatic heterocycles. The van der Waals surface area contributed by atoms with Crippen LogP contribution in [0.1, 0.15) is 22.3 Å². The summed E-state index contributed by atoms with van der Waals surface area (Å²) in [6.45, 7) is 5.78. The van der Waals surface area contributed by atoms with Crippen molar-refractivity contribution in [2.24, 2.45) is 0 Å². The largest absolute Gasteiger partial charge is 0.455 e. The summed E-state index contributed by atoms with van der Waals surface area (Å²) in [4.78, 5) is 0. The number of ether oxygens (including phenoxy) is 1. The molecule has 3 nitrogen and oxygen atoms in total. The maximum Gasteiger partial charge on any atom is 0.150 e. The molecule has 0 saturated heterocycles. The molecule has 0 unspecified atom stereocenters. The quantitative estimate of drug-likeness (QED) is 0.320. The van der Waals surface area contributed by atoms with Gasteiger partial charge in [0.1, 0.15) is 5.75 Å². The fourth-order valence-electron chi connectivity index (χ4n) is 3.52. The van der Waals surface area contributed by atoms with Crippen LogP contribution in [0.25, 0.3) is 0 Å². The molecule has 0 fully saturated rings. The Balaban J connectivity index is 1.37. The van der Waals surface area contributed by atoms with Crippen molar-refractivity contribution in [2.75, 3.05) is 10.6 Å². The molecule has 4 aromatic rings. The summed E-state index contributed by atoms with van der Waals surface area (Å²) in [6, 6.07) is 33.2. The third-order valence-electron chi connectivity index (χ3n) is 5.11.